The van der Waals surface area contributed by atoms with E-state index in [-0.39, 0.29) is 17.2 Å². The molecule has 0 aliphatic carbocycles. The van der Waals surface area contributed by atoms with Crippen LogP contribution in [0.15, 0.2) is 77.7 Å². The summed E-state index contributed by atoms with van der Waals surface area (Å²) in [5.74, 6) is -0.137. The summed E-state index contributed by atoms with van der Waals surface area (Å²) in [4.78, 5) is 27.5. The highest BCUT2D eigenvalue weighted by molar-refractivity contribution is 8.27. The highest BCUT2D eigenvalue weighted by Gasteiger charge is 2.33. The van der Waals surface area contributed by atoms with Gasteiger partial charge in [0.25, 0.3) is 5.91 Å². The molecule has 166 valence electrons. The summed E-state index contributed by atoms with van der Waals surface area (Å²) in [7, 11) is 0. The maximum atomic E-state index is 13.0. The van der Waals surface area contributed by atoms with Crippen LogP contribution in [-0.4, -0.2) is 22.8 Å². The van der Waals surface area contributed by atoms with Gasteiger partial charge in [0.05, 0.1) is 27.8 Å². The first-order chi connectivity index (χ1) is 16.0. The second-order valence-corrected chi connectivity index (χ2v) is 8.94. The number of amides is 1. The van der Waals surface area contributed by atoms with Crippen molar-refractivity contribution in [2.45, 2.75) is 6.92 Å². The van der Waals surface area contributed by atoms with E-state index in [9.17, 15) is 9.59 Å². The number of carbonyl (C=O) groups excluding carboxylic acids is 2. The van der Waals surface area contributed by atoms with Gasteiger partial charge in [0, 0.05) is 0 Å². The number of esters is 1. The quantitative estimate of drug-likeness (QED) is 0.171. The second kappa shape index (κ2) is 10.2. The Bertz CT molecular complexity index is 1260. The SMILES string of the molecule is CCOc1cc(/C=C2\SC(=S)N(c3ccccc3)C2=O)ccc1OC(=O)c1ccccc1Cl. The molecule has 0 spiro atoms. The van der Waals surface area contributed by atoms with Crippen LogP contribution in [0.3, 0.4) is 0 Å². The van der Waals surface area contributed by atoms with Gasteiger partial charge in [-0.15, -0.1) is 0 Å². The van der Waals surface area contributed by atoms with Crippen LogP contribution >= 0.6 is 35.6 Å². The standard InChI is InChI=1S/C25H18ClNO4S2/c1-2-30-21-14-16(12-13-20(21)31-24(29)18-10-6-7-11-19(18)26)15-22-23(28)27(25(32)33-22)17-8-4-3-5-9-17/h3-15H,2H2,1H3/b22-15-. The molecular formula is C25H18ClNO4S2. The molecule has 0 N–H and O–H groups in total. The summed E-state index contributed by atoms with van der Waals surface area (Å²) >= 11 is 12.8. The zero-order chi connectivity index (χ0) is 23.4. The highest BCUT2D eigenvalue weighted by atomic mass is 35.5. The van der Waals surface area contributed by atoms with E-state index >= 15 is 0 Å². The van der Waals surface area contributed by atoms with E-state index in [2.05, 4.69) is 0 Å². The minimum absolute atomic E-state index is 0.191. The topological polar surface area (TPSA) is 55.8 Å². The normalized spacial score (nSPS) is 14.6. The molecule has 1 amide bonds. The number of halogens is 1. The van der Waals surface area contributed by atoms with Gasteiger partial charge in [-0.1, -0.05) is 72.0 Å². The average molecular weight is 496 g/mol. The summed E-state index contributed by atoms with van der Waals surface area (Å²) < 4.78 is 11.7. The van der Waals surface area contributed by atoms with E-state index in [1.54, 1.807) is 48.5 Å². The molecule has 0 unspecified atom stereocenters. The van der Waals surface area contributed by atoms with Crippen molar-refractivity contribution in [1.82, 2.24) is 0 Å². The van der Waals surface area contributed by atoms with Crippen LogP contribution in [0.5, 0.6) is 11.5 Å². The Labute approximate surface area is 205 Å². The van der Waals surface area contributed by atoms with Gasteiger partial charge in [0.15, 0.2) is 15.8 Å². The Kier molecular flexibility index (Phi) is 7.13. The van der Waals surface area contributed by atoms with Gasteiger partial charge >= 0.3 is 5.97 Å². The third kappa shape index (κ3) is 5.11. The van der Waals surface area contributed by atoms with Gasteiger partial charge in [-0.2, -0.15) is 0 Å². The van der Waals surface area contributed by atoms with Crippen LogP contribution in [-0.2, 0) is 4.79 Å². The monoisotopic (exact) mass is 495 g/mol. The van der Waals surface area contributed by atoms with Crippen LogP contribution in [0.25, 0.3) is 6.08 Å². The Morgan fingerprint density at radius 1 is 1.06 bits per heavy atom. The van der Waals surface area contributed by atoms with E-state index < -0.39 is 5.97 Å². The fraction of sp³-hybridized carbons (Fsp3) is 0.0800. The summed E-state index contributed by atoms with van der Waals surface area (Å²) in [5, 5.41) is 0.303. The summed E-state index contributed by atoms with van der Waals surface area (Å²) in [6, 6.07) is 21.0. The molecular weight excluding hydrogens is 478 g/mol. The van der Waals surface area contributed by atoms with E-state index in [1.165, 1.54) is 16.7 Å². The summed E-state index contributed by atoms with van der Waals surface area (Å²) in [6.45, 7) is 2.20. The van der Waals surface area contributed by atoms with Gasteiger partial charge in [0.2, 0.25) is 0 Å². The minimum atomic E-state index is -0.585. The predicted molar refractivity (Wildman–Crippen MR) is 136 cm³/mol. The molecule has 0 aromatic heterocycles. The van der Waals surface area contributed by atoms with Crippen LogP contribution in [0.2, 0.25) is 5.02 Å². The highest BCUT2D eigenvalue weighted by Crippen LogP contribution is 2.37. The lowest BCUT2D eigenvalue weighted by Crippen LogP contribution is -2.27. The molecule has 3 aromatic rings. The molecule has 0 atom stereocenters. The maximum Gasteiger partial charge on any atom is 0.345 e. The van der Waals surface area contributed by atoms with Crippen molar-refractivity contribution < 1.29 is 19.1 Å². The summed E-state index contributed by atoms with van der Waals surface area (Å²) in [5.41, 5.74) is 1.69. The predicted octanol–water partition coefficient (Wildman–Crippen LogP) is 6.36. The van der Waals surface area contributed by atoms with Gasteiger partial charge in [-0.05, 0) is 55.0 Å². The van der Waals surface area contributed by atoms with Crippen molar-refractivity contribution in [3.63, 3.8) is 0 Å². The lowest BCUT2D eigenvalue weighted by Gasteiger charge is -2.14. The molecule has 0 saturated carbocycles. The molecule has 3 aromatic carbocycles. The molecule has 1 aliphatic rings. The zero-order valence-electron chi connectivity index (χ0n) is 17.5. The molecule has 0 bridgehead atoms. The number of rotatable bonds is 6. The van der Waals surface area contributed by atoms with E-state index in [0.29, 0.717) is 32.2 Å². The number of thiocarbonyl (C=S) groups is 1. The van der Waals surface area contributed by atoms with E-state index in [0.717, 1.165) is 5.69 Å². The lowest BCUT2D eigenvalue weighted by atomic mass is 10.1. The molecule has 1 aliphatic heterocycles. The molecule has 0 radical (unpaired) electrons. The number of para-hydroxylation sites is 1. The molecule has 1 fully saturated rings. The largest absolute Gasteiger partial charge is 0.490 e. The van der Waals surface area contributed by atoms with Crippen molar-refractivity contribution in [3.05, 3.63) is 93.9 Å². The number of carbonyl (C=O) groups is 2. The Balaban J connectivity index is 1.59. The maximum absolute atomic E-state index is 13.0. The van der Waals surface area contributed by atoms with Gasteiger partial charge in [0.1, 0.15) is 0 Å². The van der Waals surface area contributed by atoms with E-state index in [1.807, 2.05) is 37.3 Å². The lowest BCUT2D eigenvalue weighted by molar-refractivity contribution is -0.113. The van der Waals surface area contributed by atoms with Crippen LogP contribution in [0.4, 0.5) is 5.69 Å². The number of anilines is 1. The minimum Gasteiger partial charge on any atom is -0.490 e. The van der Waals surface area contributed by atoms with Crippen molar-refractivity contribution in [2.24, 2.45) is 0 Å². The number of ether oxygens (including phenoxy) is 2. The number of nitrogens with zero attached hydrogens (tertiary/aromatic N) is 1. The van der Waals surface area contributed by atoms with Crippen LogP contribution in [0.1, 0.15) is 22.8 Å². The average Bonchev–Trinajstić information content (AvgIpc) is 3.09. The summed E-state index contributed by atoms with van der Waals surface area (Å²) in [6.07, 6.45) is 1.74. The molecule has 8 heteroatoms. The Morgan fingerprint density at radius 3 is 2.52 bits per heavy atom. The smallest absolute Gasteiger partial charge is 0.345 e. The molecule has 4 rings (SSSR count). The molecule has 1 heterocycles. The van der Waals surface area contributed by atoms with Crippen molar-refractivity contribution >= 4 is 63.5 Å². The van der Waals surface area contributed by atoms with Crippen molar-refractivity contribution in [3.8, 4) is 11.5 Å². The number of hydrogen-bond donors (Lipinski definition) is 0. The van der Waals surface area contributed by atoms with Crippen LogP contribution in [0, 0.1) is 0 Å². The van der Waals surface area contributed by atoms with Gasteiger partial charge in [-0.3, -0.25) is 9.69 Å². The molecule has 33 heavy (non-hydrogen) atoms. The Morgan fingerprint density at radius 2 is 1.79 bits per heavy atom. The fourth-order valence-electron chi connectivity index (χ4n) is 3.17. The number of benzene rings is 3. The third-order valence-corrected chi connectivity index (χ3v) is 6.30. The second-order valence-electron chi connectivity index (χ2n) is 6.86. The first-order valence-electron chi connectivity index (χ1n) is 10.0. The first-order valence-corrected chi connectivity index (χ1v) is 11.6. The molecule has 5 nitrogen and oxygen atoms in total. The zero-order valence-corrected chi connectivity index (χ0v) is 19.9. The fourth-order valence-corrected chi connectivity index (χ4v) is 4.68. The Hall–Kier alpha value is -3.13. The first kappa shape index (κ1) is 23.0. The number of hydrogen-bond acceptors (Lipinski definition) is 6. The van der Waals surface area contributed by atoms with Gasteiger partial charge in [-0.25, -0.2) is 4.79 Å². The van der Waals surface area contributed by atoms with Gasteiger partial charge < -0.3 is 9.47 Å². The number of thioether (sulfide) groups is 1. The van der Waals surface area contributed by atoms with E-state index in [4.69, 9.17) is 33.3 Å². The third-order valence-electron chi connectivity index (χ3n) is 4.67. The van der Waals surface area contributed by atoms with Crippen molar-refractivity contribution in [2.75, 3.05) is 11.5 Å². The van der Waals surface area contributed by atoms with Crippen LogP contribution < -0.4 is 14.4 Å². The molecule has 1 saturated heterocycles. The van der Waals surface area contributed by atoms with Crippen molar-refractivity contribution in [1.29, 1.82) is 0 Å².